The number of carbonyl (C=O) groups is 1. The van der Waals surface area contributed by atoms with E-state index >= 15 is 0 Å². The van der Waals surface area contributed by atoms with E-state index in [-0.39, 0.29) is 5.92 Å². The Bertz CT molecular complexity index is 290. The van der Waals surface area contributed by atoms with E-state index in [4.69, 9.17) is 5.73 Å². The predicted molar refractivity (Wildman–Crippen MR) is 90.0 cm³/mol. The summed E-state index contributed by atoms with van der Waals surface area (Å²) in [5, 5.41) is 0. The lowest BCUT2D eigenvalue weighted by molar-refractivity contribution is -0.138. The summed E-state index contributed by atoms with van der Waals surface area (Å²) in [6.07, 6.45) is 6.81. The predicted octanol–water partition coefficient (Wildman–Crippen LogP) is 3.67. The van der Waals surface area contributed by atoms with Crippen LogP contribution in [0.1, 0.15) is 66.2 Å². The van der Waals surface area contributed by atoms with Crippen molar-refractivity contribution >= 4 is 5.91 Å². The van der Waals surface area contributed by atoms with Gasteiger partial charge in [-0.25, -0.2) is 0 Å². The number of rotatable bonds is 8. The third-order valence-corrected chi connectivity index (χ3v) is 4.79. The average Bonchev–Trinajstić information content (AvgIpc) is 2.46. The van der Waals surface area contributed by atoms with Gasteiger partial charge < -0.3 is 10.6 Å². The van der Waals surface area contributed by atoms with Crippen LogP contribution in [-0.4, -0.2) is 30.4 Å². The molecule has 2 atom stereocenters. The third kappa shape index (κ3) is 6.37. The number of carbonyl (C=O) groups excluding carboxylic acids is 1. The minimum Gasteiger partial charge on any atom is -0.342 e. The summed E-state index contributed by atoms with van der Waals surface area (Å²) in [5.74, 6) is 2.27. The van der Waals surface area contributed by atoms with Gasteiger partial charge in [0.05, 0.1) is 0 Å². The second-order valence-electron chi connectivity index (χ2n) is 7.58. The van der Waals surface area contributed by atoms with E-state index in [9.17, 15) is 4.79 Å². The van der Waals surface area contributed by atoms with Gasteiger partial charge in [-0.05, 0) is 50.0 Å². The first kappa shape index (κ1) is 18.5. The Labute approximate surface area is 131 Å². The standard InChI is InChI=1S/C18H36N2O/c1-14(2)9-11-20(12-10-15(3)4)18(21)17-8-6-5-7-16(17)13-19/h14-17H,5-13,19H2,1-4H3. The van der Waals surface area contributed by atoms with E-state index < -0.39 is 0 Å². The zero-order valence-electron chi connectivity index (χ0n) is 14.6. The van der Waals surface area contributed by atoms with Crippen molar-refractivity contribution in [1.29, 1.82) is 0 Å². The number of amides is 1. The van der Waals surface area contributed by atoms with Crippen molar-refractivity contribution in [3.8, 4) is 0 Å². The molecule has 1 amide bonds. The monoisotopic (exact) mass is 296 g/mol. The topological polar surface area (TPSA) is 46.3 Å². The number of hydrogen-bond donors (Lipinski definition) is 1. The van der Waals surface area contributed by atoms with Crippen molar-refractivity contribution in [3.05, 3.63) is 0 Å². The summed E-state index contributed by atoms with van der Waals surface area (Å²) in [6, 6.07) is 0. The van der Waals surface area contributed by atoms with Crippen LogP contribution >= 0.6 is 0 Å². The lowest BCUT2D eigenvalue weighted by atomic mass is 9.78. The first-order valence-corrected chi connectivity index (χ1v) is 8.94. The van der Waals surface area contributed by atoms with Crippen LogP contribution in [0.15, 0.2) is 0 Å². The van der Waals surface area contributed by atoms with Crippen LogP contribution in [0.5, 0.6) is 0 Å². The quantitative estimate of drug-likeness (QED) is 0.743. The lowest BCUT2D eigenvalue weighted by Crippen LogP contribution is -2.43. The molecule has 1 saturated carbocycles. The van der Waals surface area contributed by atoms with Gasteiger partial charge in [0.25, 0.3) is 0 Å². The summed E-state index contributed by atoms with van der Waals surface area (Å²) in [4.78, 5) is 15.1. The van der Waals surface area contributed by atoms with Gasteiger partial charge in [0.1, 0.15) is 0 Å². The highest BCUT2D eigenvalue weighted by atomic mass is 16.2. The van der Waals surface area contributed by atoms with Gasteiger partial charge in [-0.15, -0.1) is 0 Å². The molecule has 1 rings (SSSR count). The maximum Gasteiger partial charge on any atom is 0.226 e. The van der Waals surface area contributed by atoms with Crippen LogP contribution < -0.4 is 5.73 Å². The Morgan fingerprint density at radius 2 is 1.57 bits per heavy atom. The minimum absolute atomic E-state index is 0.183. The zero-order chi connectivity index (χ0) is 15.8. The van der Waals surface area contributed by atoms with Gasteiger partial charge >= 0.3 is 0 Å². The van der Waals surface area contributed by atoms with E-state index in [0.29, 0.717) is 30.2 Å². The van der Waals surface area contributed by atoms with Crippen molar-refractivity contribution in [2.24, 2.45) is 29.4 Å². The summed E-state index contributed by atoms with van der Waals surface area (Å²) in [5.41, 5.74) is 5.91. The van der Waals surface area contributed by atoms with E-state index in [1.54, 1.807) is 0 Å². The van der Waals surface area contributed by atoms with Crippen molar-refractivity contribution in [3.63, 3.8) is 0 Å². The molecule has 3 heteroatoms. The van der Waals surface area contributed by atoms with Crippen molar-refractivity contribution in [1.82, 2.24) is 4.90 Å². The third-order valence-electron chi connectivity index (χ3n) is 4.79. The molecular weight excluding hydrogens is 260 g/mol. The summed E-state index contributed by atoms with van der Waals surface area (Å²) >= 11 is 0. The lowest BCUT2D eigenvalue weighted by Gasteiger charge is -2.35. The molecule has 0 heterocycles. The molecule has 0 saturated heterocycles. The van der Waals surface area contributed by atoms with Crippen molar-refractivity contribution in [2.75, 3.05) is 19.6 Å². The first-order valence-electron chi connectivity index (χ1n) is 8.94. The van der Waals surface area contributed by atoms with Crippen molar-refractivity contribution < 1.29 is 4.79 Å². The van der Waals surface area contributed by atoms with Gasteiger partial charge in [-0.2, -0.15) is 0 Å². The smallest absolute Gasteiger partial charge is 0.226 e. The molecule has 0 aromatic carbocycles. The Kier molecular flexibility index (Phi) is 8.31. The fraction of sp³-hybridized carbons (Fsp3) is 0.944. The van der Waals surface area contributed by atoms with E-state index in [1.807, 2.05) is 0 Å². The molecule has 21 heavy (non-hydrogen) atoms. The van der Waals surface area contributed by atoms with Crippen LogP contribution in [0, 0.1) is 23.7 Å². The Morgan fingerprint density at radius 3 is 2.05 bits per heavy atom. The highest BCUT2D eigenvalue weighted by molar-refractivity contribution is 5.79. The number of nitrogens with zero attached hydrogens (tertiary/aromatic N) is 1. The molecule has 124 valence electrons. The molecule has 0 aromatic rings. The molecule has 0 radical (unpaired) electrons. The Morgan fingerprint density at radius 1 is 1.05 bits per heavy atom. The average molecular weight is 296 g/mol. The molecule has 2 unspecified atom stereocenters. The molecule has 2 N–H and O–H groups in total. The van der Waals surface area contributed by atoms with Crippen LogP contribution in [0.2, 0.25) is 0 Å². The molecule has 0 aliphatic heterocycles. The minimum atomic E-state index is 0.183. The highest BCUT2D eigenvalue weighted by Gasteiger charge is 2.32. The molecule has 1 aliphatic carbocycles. The molecular formula is C18H36N2O. The SMILES string of the molecule is CC(C)CCN(CCC(C)C)C(=O)C1CCCCC1CN. The maximum absolute atomic E-state index is 13.0. The fourth-order valence-electron chi connectivity index (χ4n) is 3.21. The van der Waals surface area contributed by atoms with Gasteiger partial charge in [0, 0.05) is 19.0 Å². The van der Waals surface area contributed by atoms with Crippen molar-refractivity contribution in [2.45, 2.75) is 66.2 Å². The second-order valence-corrected chi connectivity index (χ2v) is 7.58. The normalized spacial score (nSPS) is 22.8. The number of hydrogen-bond acceptors (Lipinski definition) is 2. The van der Waals surface area contributed by atoms with Crippen LogP contribution in [0.4, 0.5) is 0 Å². The maximum atomic E-state index is 13.0. The van der Waals surface area contributed by atoms with E-state index in [2.05, 4.69) is 32.6 Å². The van der Waals surface area contributed by atoms with Gasteiger partial charge in [0.15, 0.2) is 0 Å². The first-order chi connectivity index (χ1) is 9.95. The van der Waals surface area contributed by atoms with E-state index in [1.165, 1.54) is 12.8 Å². The van der Waals surface area contributed by atoms with Crippen LogP contribution in [-0.2, 0) is 4.79 Å². The largest absolute Gasteiger partial charge is 0.342 e. The van der Waals surface area contributed by atoms with E-state index in [0.717, 1.165) is 38.8 Å². The highest BCUT2D eigenvalue weighted by Crippen LogP contribution is 2.31. The number of nitrogens with two attached hydrogens (primary N) is 1. The molecule has 0 aromatic heterocycles. The Balaban J connectivity index is 2.66. The zero-order valence-corrected chi connectivity index (χ0v) is 14.6. The summed E-state index contributed by atoms with van der Waals surface area (Å²) in [6.45, 7) is 11.4. The summed E-state index contributed by atoms with van der Waals surface area (Å²) < 4.78 is 0. The van der Waals surface area contributed by atoms with Crippen LogP contribution in [0.25, 0.3) is 0 Å². The molecule has 0 spiro atoms. The fourth-order valence-corrected chi connectivity index (χ4v) is 3.21. The molecule has 0 bridgehead atoms. The summed E-state index contributed by atoms with van der Waals surface area (Å²) in [7, 11) is 0. The molecule has 1 aliphatic rings. The second kappa shape index (κ2) is 9.45. The van der Waals surface area contributed by atoms with Gasteiger partial charge in [-0.1, -0.05) is 40.5 Å². The Hall–Kier alpha value is -0.570. The molecule has 1 fully saturated rings. The van der Waals surface area contributed by atoms with Gasteiger partial charge in [0.2, 0.25) is 5.91 Å². The van der Waals surface area contributed by atoms with Gasteiger partial charge in [-0.3, -0.25) is 4.79 Å². The van der Waals surface area contributed by atoms with Crippen LogP contribution in [0.3, 0.4) is 0 Å². The molecule has 3 nitrogen and oxygen atoms in total.